The number of hydrogen-bond acceptors (Lipinski definition) is 0. The molecule has 0 spiro atoms. The molecule has 0 heterocycles. The third-order valence-electron chi connectivity index (χ3n) is 4.50. The van der Waals surface area contributed by atoms with Gasteiger partial charge >= 0.3 is 0 Å². The minimum absolute atomic E-state index is 0.00947. The molecule has 1 atom stereocenters. The van der Waals surface area contributed by atoms with Crippen LogP contribution in [0, 0.1) is 0 Å². The SMILES string of the molecule is C/C=C(\C)C1(C)c2ccccc2-c2ccc(Br)cc21. The number of fused-ring (bicyclic) bond motifs is 3. The zero-order valence-corrected chi connectivity index (χ0v) is 13.1. The lowest BCUT2D eigenvalue weighted by atomic mass is 9.74. The molecule has 0 saturated heterocycles. The van der Waals surface area contributed by atoms with E-state index in [-0.39, 0.29) is 5.41 Å². The van der Waals surface area contributed by atoms with Crippen LogP contribution in [0.1, 0.15) is 31.9 Å². The predicted octanol–water partition coefficient (Wildman–Crippen LogP) is 5.70. The van der Waals surface area contributed by atoms with Crippen LogP contribution >= 0.6 is 15.9 Å². The molecule has 2 aromatic rings. The summed E-state index contributed by atoms with van der Waals surface area (Å²) in [5, 5.41) is 0. The maximum absolute atomic E-state index is 3.61. The molecule has 1 aliphatic carbocycles. The first-order valence-corrected chi connectivity index (χ1v) is 7.41. The van der Waals surface area contributed by atoms with Crippen LogP contribution in [0.4, 0.5) is 0 Å². The van der Waals surface area contributed by atoms with Crippen molar-refractivity contribution < 1.29 is 0 Å². The maximum Gasteiger partial charge on any atom is 0.0392 e. The Hall–Kier alpha value is -1.34. The average Bonchev–Trinajstić information content (AvgIpc) is 2.69. The molecule has 1 heteroatoms. The first-order chi connectivity index (χ1) is 9.09. The summed E-state index contributed by atoms with van der Waals surface area (Å²) >= 11 is 3.61. The summed E-state index contributed by atoms with van der Waals surface area (Å²) in [7, 11) is 0. The van der Waals surface area contributed by atoms with Crippen molar-refractivity contribution in [3.63, 3.8) is 0 Å². The number of benzene rings is 2. The molecule has 0 bridgehead atoms. The van der Waals surface area contributed by atoms with Gasteiger partial charge in [-0.1, -0.05) is 57.9 Å². The Balaban J connectivity index is 2.41. The predicted molar refractivity (Wildman–Crippen MR) is 85.5 cm³/mol. The van der Waals surface area contributed by atoms with E-state index in [9.17, 15) is 0 Å². The van der Waals surface area contributed by atoms with Crippen LogP contribution in [-0.2, 0) is 5.41 Å². The highest BCUT2D eigenvalue weighted by Crippen LogP contribution is 2.52. The molecule has 0 aliphatic heterocycles. The summed E-state index contributed by atoms with van der Waals surface area (Å²) in [5.41, 5.74) is 6.94. The topological polar surface area (TPSA) is 0 Å². The number of allylic oxidation sites excluding steroid dienone is 2. The Morgan fingerprint density at radius 2 is 1.74 bits per heavy atom. The molecule has 3 rings (SSSR count). The van der Waals surface area contributed by atoms with E-state index in [2.05, 4.69) is 85.2 Å². The van der Waals surface area contributed by atoms with Gasteiger partial charge in [-0.15, -0.1) is 0 Å². The van der Waals surface area contributed by atoms with Crippen LogP contribution in [0.3, 0.4) is 0 Å². The van der Waals surface area contributed by atoms with E-state index in [1.54, 1.807) is 0 Å². The molecule has 0 saturated carbocycles. The van der Waals surface area contributed by atoms with Gasteiger partial charge in [-0.3, -0.25) is 0 Å². The largest absolute Gasteiger partial charge is 0.0875 e. The van der Waals surface area contributed by atoms with Gasteiger partial charge in [0.1, 0.15) is 0 Å². The van der Waals surface area contributed by atoms with Gasteiger partial charge in [0, 0.05) is 9.89 Å². The van der Waals surface area contributed by atoms with Gasteiger partial charge in [-0.2, -0.15) is 0 Å². The van der Waals surface area contributed by atoms with Crippen LogP contribution in [-0.4, -0.2) is 0 Å². The van der Waals surface area contributed by atoms with E-state index in [1.165, 1.54) is 27.8 Å². The Morgan fingerprint density at radius 1 is 1.05 bits per heavy atom. The fourth-order valence-electron chi connectivity index (χ4n) is 3.18. The van der Waals surface area contributed by atoms with Gasteiger partial charge in [-0.25, -0.2) is 0 Å². The van der Waals surface area contributed by atoms with Crippen LogP contribution in [0.25, 0.3) is 11.1 Å². The fourth-order valence-corrected chi connectivity index (χ4v) is 3.54. The van der Waals surface area contributed by atoms with Gasteiger partial charge in [0.15, 0.2) is 0 Å². The molecular formula is C18H17Br. The summed E-state index contributed by atoms with van der Waals surface area (Å²) in [6.45, 7) is 6.69. The number of hydrogen-bond donors (Lipinski definition) is 0. The van der Waals surface area contributed by atoms with Crippen molar-refractivity contribution in [2.45, 2.75) is 26.2 Å². The van der Waals surface area contributed by atoms with E-state index in [4.69, 9.17) is 0 Å². The molecule has 0 radical (unpaired) electrons. The standard InChI is InChI=1S/C18H17Br/c1-4-12(2)18(3)16-8-6-5-7-14(16)15-10-9-13(19)11-17(15)18/h4-11H,1-3H3/b12-4+. The zero-order chi connectivity index (χ0) is 13.6. The molecule has 19 heavy (non-hydrogen) atoms. The quantitative estimate of drug-likeness (QED) is 0.592. The Kier molecular flexibility index (Phi) is 2.90. The van der Waals surface area contributed by atoms with Crippen molar-refractivity contribution >= 4 is 15.9 Å². The van der Waals surface area contributed by atoms with Crippen molar-refractivity contribution in [1.29, 1.82) is 0 Å². The van der Waals surface area contributed by atoms with Crippen LogP contribution < -0.4 is 0 Å². The lowest BCUT2D eigenvalue weighted by Crippen LogP contribution is -2.22. The first-order valence-electron chi connectivity index (χ1n) is 6.62. The third kappa shape index (κ3) is 1.64. The molecule has 0 amide bonds. The van der Waals surface area contributed by atoms with E-state index >= 15 is 0 Å². The van der Waals surface area contributed by atoms with Gasteiger partial charge in [0.25, 0.3) is 0 Å². The van der Waals surface area contributed by atoms with Crippen molar-refractivity contribution in [2.75, 3.05) is 0 Å². The molecule has 1 unspecified atom stereocenters. The minimum Gasteiger partial charge on any atom is -0.0875 e. The molecular weight excluding hydrogens is 296 g/mol. The van der Waals surface area contributed by atoms with E-state index < -0.39 is 0 Å². The summed E-state index contributed by atoms with van der Waals surface area (Å²) < 4.78 is 1.15. The zero-order valence-electron chi connectivity index (χ0n) is 11.5. The number of halogens is 1. The lowest BCUT2D eigenvalue weighted by Gasteiger charge is -2.28. The molecule has 0 aromatic heterocycles. The molecule has 1 aliphatic rings. The third-order valence-corrected chi connectivity index (χ3v) is 4.99. The molecule has 0 N–H and O–H groups in total. The van der Waals surface area contributed by atoms with Crippen molar-refractivity contribution in [3.8, 4) is 11.1 Å². The summed E-state index contributed by atoms with van der Waals surface area (Å²) in [6.07, 6.45) is 2.23. The van der Waals surface area contributed by atoms with Crippen molar-refractivity contribution in [2.24, 2.45) is 0 Å². The van der Waals surface area contributed by atoms with E-state index in [0.29, 0.717) is 0 Å². The summed E-state index contributed by atoms with van der Waals surface area (Å²) in [5.74, 6) is 0. The maximum atomic E-state index is 3.61. The highest BCUT2D eigenvalue weighted by molar-refractivity contribution is 9.10. The van der Waals surface area contributed by atoms with E-state index in [1.807, 2.05) is 0 Å². The normalized spacial score (nSPS) is 21.2. The first kappa shape index (κ1) is 12.7. The fraction of sp³-hybridized carbons (Fsp3) is 0.222. The Bertz CT molecular complexity index is 682. The summed E-state index contributed by atoms with van der Waals surface area (Å²) in [6, 6.07) is 15.4. The monoisotopic (exact) mass is 312 g/mol. The van der Waals surface area contributed by atoms with Crippen molar-refractivity contribution in [3.05, 3.63) is 69.7 Å². The van der Waals surface area contributed by atoms with Gasteiger partial charge in [-0.05, 0) is 55.2 Å². The van der Waals surface area contributed by atoms with Crippen molar-refractivity contribution in [1.82, 2.24) is 0 Å². The van der Waals surface area contributed by atoms with Gasteiger partial charge in [0.2, 0.25) is 0 Å². The molecule has 0 fully saturated rings. The highest BCUT2D eigenvalue weighted by atomic mass is 79.9. The molecule has 96 valence electrons. The summed E-state index contributed by atoms with van der Waals surface area (Å²) in [4.78, 5) is 0. The molecule has 2 aromatic carbocycles. The second kappa shape index (κ2) is 4.35. The second-order valence-corrected chi connectivity index (χ2v) is 6.25. The Labute approximate surface area is 123 Å². The Morgan fingerprint density at radius 3 is 2.47 bits per heavy atom. The molecule has 0 nitrogen and oxygen atoms in total. The average molecular weight is 313 g/mol. The van der Waals surface area contributed by atoms with Crippen LogP contribution in [0.2, 0.25) is 0 Å². The van der Waals surface area contributed by atoms with Gasteiger partial charge in [0.05, 0.1) is 0 Å². The highest BCUT2D eigenvalue weighted by Gasteiger charge is 2.40. The minimum atomic E-state index is -0.00947. The lowest BCUT2D eigenvalue weighted by molar-refractivity contribution is 0.691. The second-order valence-electron chi connectivity index (χ2n) is 5.33. The van der Waals surface area contributed by atoms with Gasteiger partial charge < -0.3 is 0 Å². The van der Waals surface area contributed by atoms with Crippen LogP contribution in [0.15, 0.2) is 58.6 Å². The smallest absolute Gasteiger partial charge is 0.0392 e. The van der Waals surface area contributed by atoms with E-state index in [0.717, 1.165) is 4.47 Å². The number of rotatable bonds is 1. The van der Waals surface area contributed by atoms with Crippen LogP contribution in [0.5, 0.6) is 0 Å².